The summed E-state index contributed by atoms with van der Waals surface area (Å²) in [6.45, 7) is 1.78. The number of hydrogen-bond acceptors (Lipinski definition) is 3. The van der Waals surface area contributed by atoms with Gasteiger partial charge in [-0.05, 0) is 23.3 Å². The van der Waals surface area contributed by atoms with Crippen molar-refractivity contribution in [2.24, 2.45) is 4.99 Å². The predicted molar refractivity (Wildman–Crippen MR) is 80.3 cm³/mol. The molecule has 0 saturated heterocycles. The first-order valence-electron chi connectivity index (χ1n) is 6.45. The van der Waals surface area contributed by atoms with Crippen molar-refractivity contribution in [3.05, 3.63) is 42.0 Å². The molecule has 2 aromatic carbocycles. The van der Waals surface area contributed by atoms with Crippen LogP contribution in [0.2, 0.25) is 0 Å². The summed E-state index contributed by atoms with van der Waals surface area (Å²) in [6.07, 6.45) is 1.04. The lowest BCUT2D eigenvalue weighted by Gasteiger charge is -2.34. The molecule has 1 N–H and O–H groups in total. The molecule has 0 fully saturated rings. The number of nitrogens with one attached hydrogen (secondary N) is 1. The van der Waals surface area contributed by atoms with E-state index in [4.69, 9.17) is 5.41 Å². The zero-order valence-corrected chi connectivity index (χ0v) is 11.2. The van der Waals surface area contributed by atoms with Crippen LogP contribution in [0.4, 0.5) is 0 Å². The van der Waals surface area contributed by atoms with Crippen LogP contribution in [0.25, 0.3) is 10.8 Å². The van der Waals surface area contributed by atoms with Crippen molar-refractivity contribution >= 4 is 33.5 Å². The van der Waals surface area contributed by atoms with Gasteiger partial charge in [-0.25, -0.2) is 0 Å². The first-order chi connectivity index (χ1) is 9.34. The molecule has 4 heteroatoms. The molecule has 94 valence electrons. The Morgan fingerprint density at radius 2 is 2.05 bits per heavy atom. The van der Waals surface area contributed by atoms with Crippen LogP contribution in [0.15, 0.2) is 46.3 Å². The topological polar surface area (TPSA) is 39.5 Å². The number of nitrogens with zero attached hydrogens (tertiary/aromatic N) is 2. The summed E-state index contributed by atoms with van der Waals surface area (Å²) in [5.74, 6) is 0.982. The van der Waals surface area contributed by atoms with Crippen LogP contribution in [-0.4, -0.2) is 29.0 Å². The summed E-state index contributed by atoms with van der Waals surface area (Å²) in [5, 5.41) is 11.3. The van der Waals surface area contributed by atoms with Crippen molar-refractivity contribution in [1.82, 2.24) is 4.90 Å². The molecule has 0 radical (unpaired) electrons. The van der Waals surface area contributed by atoms with Gasteiger partial charge in [0.25, 0.3) is 0 Å². The molecule has 0 unspecified atom stereocenters. The van der Waals surface area contributed by atoms with Crippen molar-refractivity contribution in [1.29, 1.82) is 5.41 Å². The van der Waals surface area contributed by atoms with E-state index in [0.29, 0.717) is 5.17 Å². The van der Waals surface area contributed by atoms with E-state index in [1.807, 2.05) is 4.90 Å². The number of fused-ring (bicyclic) bond motifs is 5. The fraction of sp³-hybridized carbons (Fsp3) is 0.200. The maximum Gasteiger partial charge on any atom is 0.166 e. The second-order valence-corrected chi connectivity index (χ2v) is 5.78. The molecular weight excluding hydrogens is 254 g/mol. The summed E-state index contributed by atoms with van der Waals surface area (Å²) in [4.78, 5) is 7.85. The van der Waals surface area contributed by atoms with Gasteiger partial charge in [0.05, 0.1) is 0 Å². The number of aliphatic imine (C=N–C) groups is 1. The average Bonchev–Trinajstić information content (AvgIpc) is 2.47. The van der Waals surface area contributed by atoms with Gasteiger partial charge in [0.15, 0.2) is 5.17 Å². The molecule has 0 amide bonds. The highest BCUT2D eigenvalue weighted by Crippen LogP contribution is 2.38. The normalized spacial score (nSPS) is 18.0. The second-order valence-electron chi connectivity index (χ2n) is 4.78. The predicted octanol–water partition coefficient (Wildman–Crippen LogP) is 3.33. The Morgan fingerprint density at radius 3 is 3.00 bits per heavy atom. The Balaban J connectivity index is 2.02. The van der Waals surface area contributed by atoms with Crippen LogP contribution in [0.1, 0.15) is 12.0 Å². The van der Waals surface area contributed by atoms with Gasteiger partial charge in [-0.3, -0.25) is 10.4 Å². The SMILES string of the molecule is N=C1Sc2c(ccc3ccccc23)C2=NCCCN12. The monoisotopic (exact) mass is 267 g/mol. The minimum absolute atomic E-state index is 0.599. The molecule has 2 aliphatic rings. The van der Waals surface area contributed by atoms with Crippen molar-refractivity contribution in [2.75, 3.05) is 13.1 Å². The molecule has 0 atom stereocenters. The average molecular weight is 267 g/mol. The van der Waals surface area contributed by atoms with E-state index in [9.17, 15) is 0 Å². The number of hydrogen-bond donors (Lipinski definition) is 1. The molecule has 2 aliphatic heterocycles. The van der Waals surface area contributed by atoms with E-state index in [2.05, 4.69) is 41.4 Å². The maximum atomic E-state index is 8.23. The highest BCUT2D eigenvalue weighted by Gasteiger charge is 2.29. The molecule has 0 aromatic heterocycles. The summed E-state index contributed by atoms with van der Waals surface area (Å²) in [5.41, 5.74) is 1.18. The highest BCUT2D eigenvalue weighted by atomic mass is 32.2. The van der Waals surface area contributed by atoms with E-state index in [-0.39, 0.29) is 0 Å². The number of amidine groups is 2. The van der Waals surface area contributed by atoms with Crippen molar-refractivity contribution in [3.63, 3.8) is 0 Å². The first kappa shape index (κ1) is 11.1. The van der Waals surface area contributed by atoms with Gasteiger partial charge >= 0.3 is 0 Å². The minimum Gasteiger partial charge on any atom is -0.305 e. The van der Waals surface area contributed by atoms with Crippen molar-refractivity contribution < 1.29 is 0 Å². The molecule has 3 nitrogen and oxygen atoms in total. The molecular formula is C15H13N3S. The van der Waals surface area contributed by atoms with E-state index < -0.39 is 0 Å². The molecule has 19 heavy (non-hydrogen) atoms. The van der Waals surface area contributed by atoms with Crippen molar-refractivity contribution in [2.45, 2.75) is 11.3 Å². The Hall–Kier alpha value is -1.81. The quantitative estimate of drug-likeness (QED) is 0.795. The first-order valence-corrected chi connectivity index (χ1v) is 7.27. The zero-order chi connectivity index (χ0) is 12.8. The number of thioether (sulfide) groups is 1. The lowest BCUT2D eigenvalue weighted by molar-refractivity contribution is 0.552. The van der Waals surface area contributed by atoms with Crippen molar-refractivity contribution in [3.8, 4) is 0 Å². The number of benzene rings is 2. The van der Waals surface area contributed by atoms with E-state index in [0.717, 1.165) is 25.3 Å². The maximum absolute atomic E-state index is 8.23. The Kier molecular flexibility index (Phi) is 2.38. The smallest absolute Gasteiger partial charge is 0.166 e. The fourth-order valence-electron chi connectivity index (χ4n) is 2.71. The molecule has 0 aliphatic carbocycles. The second kappa shape index (κ2) is 4.10. The zero-order valence-electron chi connectivity index (χ0n) is 10.4. The summed E-state index contributed by atoms with van der Waals surface area (Å²) < 4.78 is 0. The van der Waals surface area contributed by atoms with Gasteiger partial charge < -0.3 is 4.90 Å². The van der Waals surface area contributed by atoms with Crippen LogP contribution in [-0.2, 0) is 0 Å². The summed E-state index contributed by atoms with van der Waals surface area (Å²) >= 11 is 1.56. The third-order valence-corrected chi connectivity index (χ3v) is 4.68. The summed E-state index contributed by atoms with van der Waals surface area (Å²) in [6, 6.07) is 12.7. The van der Waals surface area contributed by atoms with Gasteiger partial charge in [-0.2, -0.15) is 0 Å². The molecule has 0 saturated carbocycles. The van der Waals surface area contributed by atoms with Crippen LogP contribution in [0.5, 0.6) is 0 Å². The van der Waals surface area contributed by atoms with E-state index >= 15 is 0 Å². The Morgan fingerprint density at radius 1 is 1.16 bits per heavy atom. The van der Waals surface area contributed by atoms with Gasteiger partial charge in [-0.15, -0.1) is 0 Å². The molecule has 4 rings (SSSR count). The standard InChI is InChI=1S/C15H13N3S/c16-15-18-9-3-8-17-14(18)12-7-6-10-4-1-2-5-11(10)13(12)19-15/h1-2,4-7,16H,3,8-9H2. The Labute approximate surface area is 115 Å². The highest BCUT2D eigenvalue weighted by molar-refractivity contribution is 8.14. The van der Waals surface area contributed by atoms with E-state index in [1.165, 1.54) is 21.2 Å². The van der Waals surface area contributed by atoms with Gasteiger partial charge in [0.2, 0.25) is 0 Å². The summed E-state index contributed by atoms with van der Waals surface area (Å²) in [7, 11) is 0. The van der Waals surface area contributed by atoms with Crippen LogP contribution in [0.3, 0.4) is 0 Å². The van der Waals surface area contributed by atoms with Crippen LogP contribution >= 0.6 is 11.8 Å². The third-order valence-electron chi connectivity index (χ3n) is 3.62. The molecule has 2 aromatic rings. The minimum atomic E-state index is 0.599. The molecule has 2 heterocycles. The Bertz CT molecular complexity index is 720. The lowest BCUT2D eigenvalue weighted by atomic mass is 10.0. The fourth-order valence-corrected chi connectivity index (χ4v) is 3.76. The molecule has 0 spiro atoms. The lowest BCUT2D eigenvalue weighted by Crippen LogP contribution is -2.42. The van der Waals surface area contributed by atoms with E-state index in [1.54, 1.807) is 11.8 Å². The van der Waals surface area contributed by atoms with Crippen LogP contribution in [0, 0.1) is 5.41 Å². The number of rotatable bonds is 0. The molecule has 0 bridgehead atoms. The third kappa shape index (κ3) is 1.60. The largest absolute Gasteiger partial charge is 0.305 e. The van der Waals surface area contributed by atoms with Crippen LogP contribution < -0.4 is 0 Å². The van der Waals surface area contributed by atoms with Gasteiger partial charge in [0, 0.05) is 23.5 Å². The van der Waals surface area contributed by atoms with Gasteiger partial charge in [0.1, 0.15) is 5.84 Å². The van der Waals surface area contributed by atoms with Gasteiger partial charge in [-0.1, -0.05) is 42.1 Å².